The molecule has 5 rings (SSSR count). The maximum absolute atomic E-state index is 12.9. The van der Waals surface area contributed by atoms with Crippen LogP contribution < -0.4 is 11.1 Å². The number of hydrogen-bond acceptors (Lipinski definition) is 5. The van der Waals surface area contributed by atoms with Crippen LogP contribution in [0.5, 0.6) is 0 Å². The van der Waals surface area contributed by atoms with Gasteiger partial charge < -0.3 is 4.74 Å². The predicted octanol–water partition coefficient (Wildman–Crippen LogP) is 2.31. The number of fused-ring (bicyclic) bond motifs is 1. The highest BCUT2D eigenvalue weighted by Crippen LogP contribution is 2.32. The van der Waals surface area contributed by atoms with Crippen molar-refractivity contribution in [3.05, 3.63) is 61.4 Å². The molecule has 0 amide bonds. The van der Waals surface area contributed by atoms with Crippen LogP contribution in [0.2, 0.25) is 0 Å². The van der Waals surface area contributed by atoms with Crippen molar-refractivity contribution in [2.75, 3.05) is 13.1 Å². The first-order chi connectivity index (χ1) is 14.4. The van der Waals surface area contributed by atoms with Crippen LogP contribution in [0, 0.1) is 13.8 Å². The Kier molecular flexibility index (Phi) is 4.90. The fourth-order valence-corrected chi connectivity index (χ4v) is 5.50. The minimum absolute atomic E-state index is 0.0618. The second-order valence-corrected chi connectivity index (χ2v) is 9.42. The zero-order valence-corrected chi connectivity index (χ0v) is 17.9. The van der Waals surface area contributed by atoms with Crippen LogP contribution in [0.15, 0.2) is 27.8 Å². The van der Waals surface area contributed by atoms with Crippen molar-refractivity contribution in [3.8, 4) is 0 Å². The first kappa shape index (κ1) is 19.7. The van der Waals surface area contributed by atoms with Crippen LogP contribution in [0.4, 0.5) is 0 Å². The summed E-state index contributed by atoms with van der Waals surface area (Å²) in [6.45, 7) is 7.51. The van der Waals surface area contributed by atoms with Gasteiger partial charge in [-0.2, -0.15) is 5.10 Å². The van der Waals surface area contributed by atoms with E-state index >= 15 is 0 Å². The summed E-state index contributed by atoms with van der Waals surface area (Å²) in [6, 6.07) is 6.71. The number of aryl methyl sites for hydroxylation is 2. The third-order valence-electron chi connectivity index (χ3n) is 6.88. The molecule has 2 fully saturated rings. The Morgan fingerprint density at radius 2 is 1.80 bits per heavy atom. The van der Waals surface area contributed by atoms with Gasteiger partial charge in [0.15, 0.2) is 5.82 Å². The highest BCUT2D eigenvalue weighted by atomic mass is 16.5. The van der Waals surface area contributed by atoms with Gasteiger partial charge in [0.2, 0.25) is 0 Å². The van der Waals surface area contributed by atoms with E-state index in [4.69, 9.17) is 4.74 Å². The summed E-state index contributed by atoms with van der Waals surface area (Å²) in [7, 11) is 0. The standard InChI is InChI=1S/C23H30N4O3/c1-16-9-17(2)11-18(10-16)12-25-8-7-23(14-25)15-26-20(13-30-23)24-27(22(29)21(26)28)19-5-3-4-6-19/h9-11,19H,3-8,12-15H2,1-2H3. The summed E-state index contributed by atoms with van der Waals surface area (Å²) in [5.41, 5.74) is 2.52. The molecule has 3 aliphatic rings. The summed E-state index contributed by atoms with van der Waals surface area (Å²) < 4.78 is 9.32. The monoisotopic (exact) mass is 410 g/mol. The Labute approximate surface area is 176 Å². The normalized spacial score (nSPS) is 24.6. The molecular weight excluding hydrogens is 380 g/mol. The molecule has 3 heterocycles. The van der Waals surface area contributed by atoms with Crippen molar-refractivity contribution in [2.24, 2.45) is 0 Å². The van der Waals surface area contributed by atoms with E-state index in [1.807, 2.05) is 0 Å². The van der Waals surface area contributed by atoms with E-state index in [9.17, 15) is 9.59 Å². The fourth-order valence-electron chi connectivity index (χ4n) is 5.50. The predicted molar refractivity (Wildman–Crippen MR) is 114 cm³/mol. The van der Waals surface area contributed by atoms with Gasteiger partial charge in [-0.3, -0.25) is 19.1 Å². The van der Waals surface area contributed by atoms with Gasteiger partial charge in [0, 0.05) is 19.6 Å². The number of nitrogens with zero attached hydrogens (tertiary/aromatic N) is 4. The molecule has 7 heteroatoms. The average molecular weight is 411 g/mol. The second kappa shape index (κ2) is 7.46. The van der Waals surface area contributed by atoms with Gasteiger partial charge in [-0.25, -0.2) is 4.68 Å². The van der Waals surface area contributed by atoms with Gasteiger partial charge in [-0.1, -0.05) is 42.2 Å². The van der Waals surface area contributed by atoms with Crippen LogP contribution in [0.1, 0.15) is 60.7 Å². The van der Waals surface area contributed by atoms with Gasteiger partial charge in [0.1, 0.15) is 12.2 Å². The Balaban J connectivity index is 1.36. The SMILES string of the molecule is Cc1cc(C)cc(CN2CCC3(C2)Cn2c(nn(C4CCCC4)c(=O)c2=O)CO3)c1. The lowest BCUT2D eigenvalue weighted by Gasteiger charge is -2.35. The van der Waals surface area contributed by atoms with Crippen molar-refractivity contribution in [2.45, 2.75) is 77.3 Å². The number of aromatic nitrogens is 3. The van der Waals surface area contributed by atoms with Crippen LogP contribution in [-0.2, 0) is 24.4 Å². The number of hydrogen-bond donors (Lipinski definition) is 0. The number of rotatable bonds is 3. The first-order valence-corrected chi connectivity index (χ1v) is 11.1. The summed E-state index contributed by atoms with van der Waals surface area (Å²) in [4.78, 5) is 28.0. The maximum atomic E-state index is 12.9. The lowest BCUT2D eigenvalue weighted by molar-refractivity contribution is -0.0860. The van der Waals surface area contributed by atoms with E-state index < -0.39 is 16.7 Å². The van der Waals surface area contributed by atoms with Crippen LogP contribution in [0.25, 0.3) is 0 Å². The Hall–Kier alpha value is -2.25. The van der Waals surface area contributed by atoms with Crippen LogP contribution >= 0.6 is 0 Å². The minimum Gasteiger partial charge on any atom is -0.364 e. The molecule has 7 nitrogen and oxygen atoms in total. The van der Waals surface area contributed by atoms with Crippen LogP contribution in [0.3, 0.4) is 0 Å². The molecule has 1 atom stereocenters. The summed E-state index contributed by atoms with van der Waals surface area (Å²) >= 11 is 0. The summed E-state index contributed by atoms with van der Waals surface area (Å²) in [5, 5.41) is 4.54. The van der Waals surface area contributed by atoms with Crippen LogP contribution in [-0.4, -0.2) is 37.9 Å². The largest absolute Gasteiger partial charge is 0.364 e. The van der Waals surface area contributed by atoms with Gasteiger partial charge >= 0.3 is 11.1 Å². The molecule has 1 unspecified atom stereocenters. The van der Waals surface area contributed by atoms with E-state index in [0.29, 0.717) is 19.0 Å². The maximum Gasteiger partial charge on any atom is 0.332 e. The fraction of sp³-hybridized carbons (Fsp3) is 0.609. The third-order valence-corrected chi connectivity index (χ3v) is 6.88. The minimum atomic E-state index is -0.479. The highest BCUT2D eigenvalue weighted by molar-refractivity contribution is 5.28. The molecule has 160 valence electrons. The Morgan fingerprint density at radius 3 is 2.53 bits per heavy atom. The molecule has 0 radical (unpaired) electrons. The smallest absolute Gasteiger partial charge is 0.332 e. The van der Waals surface area contributed by atoms with E-state index in [-0.39, 0.29) is 6.04 Å². The van der Waals surface area contributed by atoms with Gasteiger partial charge in [0.05, 0.1) is 12.6 Å². The van der Waals surface area contributed by atoms with Crippen molar-refractivity contribution < 1.29 is 4.74 Å². The average Bonchev–Trinajstić information content (AvgIpc) is 3.35. The molecule has 0 N–H and O–H groups in total. The zero-order chi connectivity index (χ0) is 20.9. The quantitative estimate of drug-likeness (QED) is 0.727. The topological polar surface area (TPSA) is 69.4 Å². The molecule has 1 saturated carbocycles. The van der Waals surface area contributed by atoms with Gasteiger partial charge in [-0.05, 0) is 38.7 Å². The molecule has 1 aliphatic carbocycles. The van der Waals surface area contributed by atoms with Gasteiger partial charge in [0.25, 0.3) is 0 Å². The zero-order valence-electron chi connectivity index (χ0n) is 17.9. The van der Waals surface area contributed by atoms with E-state index in [1.54, 1.807) is 4.57 Å². The Morgan fingerprint density at radius 1 is 1.07 bits per heavy atom. The van der Waals surface area contributed by atoms with Crippen molar-refractivity contribution in [3.63, 3.8) is 0 Å². The third kappa shape index (κ3) is 3.54. The molecule has 2 aliphatic heterocycles. The molecule has 1 aromatic carbocycles. The number of benzene rings is 1. The number of likely N-dealkylation sites (tertiary alicyclic amines) is 1. The molecule has 1 saturated heterocycles. The molecule has 1 spiro atoms. The van der Waals surface area contributed by atoms with Crippen molar-refractivity contribution in [1.29, 1.82) is 0 Å². The molecule has 2 aromatic rings. The highest BCUT2D eigenvalue weighted by Gasteiger charge is 2.43. The Bertz CT molecular complexity index is 1060. The molecule has 1 aromatic heterocycles. The summed E-state index contributed by atoms with van der Waals surface area (Å²) in [5.74, 6) is 0.588. The molecule has 30 heavy (non-hydrogen) atoms. The van der Waals surface area contributed by atoms with E-state index in [1.165, 1.54) is 21.4 Å². The van der Waals surface area contributed by atoms with E-state index in [0.717, 1.165) is 51.7 Å². The molecule has 0 bridgehead atoms. The van der Waals surface area contributed by atoms with Crippen molar-refractivity contribution >= 4 is 0 Å². The van der Waals surface area contributed by atoms with Crippen molar-refractivity contribution in [1.82, 2.24) is 19.2 Å². The lowest BCUT2D eigenvalue weighted by Crippen LogP contribution is -2.53. The van der Waals surface area contributed by atoms with Gasteiger partial charge in [-0.15, -0.1) is 0 Å². The second-order valence-electron chi connectivity index (χ2n) is 9.42. The number of ether oxygens (including phenoxy) is 1. The summed E-state index contributed by atoms with van der Waals surface area (Å²) in [6.07, 6.45) is 4.89. The molecular formula is C23H30N4O3. The van der Waals surface area contributed by atoms with E-state index in [2.05, 4.69) is 42.0 Å². The lowest BCUT2D eigenvalue weighted by atomic mass is 10.0. The first-order valence-electron chi connectivity index (χ1n) is 11.1.